The van der Waals surface area contributed by atoms with E-state index >= 15 is 0 Å². The SMILES string of the molecule is CC(C)(CNCCC(F)(F)F)CS(=O)(=O)NC(=O)Nc1c2c(cc3c1CCC3)CCC2. The highest BCUT2D eigenvalue weighted by atomic mass is 32.2. The zero-order chi connectivity index (χ0) is 22.9. The number of sulfonamides is 1. The van der Waals surface area contributed by atoms with Crippen LogP contribution < -0.4 is 15.4 Å². The van der Waals surface area contributed by atoms with Crippen molar-refractivity contribution in [1.82, 2.24) is 10.0 Å². The number of halogens is 3. The molecule has 0 radical (unpaired) electrons. The lowest BCUT2D eigenvalue weighted by molar-refractivity contribution is -0.133. The van der Waals surface area contributed by atoms with Crippen molar-refractivity contribution in [2.24, 2.45) is 5.41 Å². The fourth-order valence-electron chi connectivity index (χ4n) is 4.51. The molecule has 0 unspecified atom stereocenters. The van der Waals surface area contributed by atoms with E-state index in [0.717, 1.165) is 55.3 Å². The van der Waals surface area contributed by atoms with Crippen LogP contribution in [0.4, 0.5) is 23.7 Å². The Labute approximate surface area is 181 Å². The number of carbonyl (C=O) groups is 1. The van der Waals surface area contributed by atoms with Crippen LogP contribution in [0.25, 0.3) is 0 Å². The molecule has 0 fully saturated rings. The van der Waals surface area contributed by atoms with Crippen LogP contribution in [-0.2, 0) is 35.7 Å². The van der Waals surface area contributed by atoms with Gasteiger partial charge in [-0.05, 0) is 66.2 Å². The Kier molecular flexibility index (Phi) is 6.90. The van der Waals surface area contributed by atoms with Crippen molar-refractivity contribution in [3.63, 3.8) is 0 Å². The molecule has 2 aliphatic rings. The second-order valence-electron chi connectivity index (χ2n) is 9.26. The number of urea groups is 1. The van der Waals surface area contributed by atoms with Crippen molar-refractivity contribution >= 4 is 21.7 Å². The first kappa shape index (κ1) is 23.8. The van der Waals surface area contributed by atoms with Crippen LogP contribution in [0.5, 0.6) is 0 Å². The Morgan fingerprint density at radius 2 is 1.61 bits per heavy atom. The highest BCUT2D eigenvalue weighted by Gasteiger charge is 2.30. The highest BCUT2D eigenvalue weighted by Crippen LogP contribution is 2.38. The van der Waals surface area contributed by atoms with Crippen LogP contribution >= 0.6 is 0 Å². The van der Waals surface area contributed by atoms with Crippen molar-refractivity contribution in [3.05, 3.63) is 28.3 Å². The van der Waals surface area contributed by atoms with Gasteiger partial charge in [0.2, 0.25) is 10.0 Å². The third-order valence-electron chi connectivity index (χ3n) is 5.73. The molecule has 2 amide bonds. The van der Waals surface area contributed by atoms with Crippen LogP contribution in [-0.4, -0.2) is 39.5 Å². The number of amides is 2. The molecule has 31 heavy (non-hydrogen) atoms. The van der Waals surface area contributed by atoms with Gasteiger partial charge in [0.25, 0.3) is 0 Å². The molecule has 3 rings (SSSR count). The number of alkyl halides is 3. The van der Waals surface area contributed by atoms with E-state index in [4.69, 9.17) is 0 Å². The molecule has 0 aliphatic heterocycles. The Hall–Kier alpha value is -1.81. The van der Waals surface area contributed by atoms with E-state index in [-0.39, 0.29) is 13.1 Å². The van der Waals surface area contributed by atoms with E-state index in [1.54, 1.807) is 13.8 Å². The van der Waals surface area contributed by atoms with E-state index in [2.05, 4.69) is 21.4 Å². The third-order valence-corrected chi connectivity index (χ3v) is 7.39. The van der Waals surface area contributed by atoms with Crippen LogP contribution in [0.15, 0.2) is 6.07 Å². The number of nitrogens with one attached hydrogen (secondary N) is 3. The first-order valence-electron chi connectivity index (χ1n) is 10.6. The van der Waals surface area contributed by atoms with E-state index in [9.17, 15) is 26.4 Å². The quantitative estimate of drug-likeness (QED) is 0.516. The maximum Gasteiger partial charge on any atom is 0.390 e. The van der Waals surface area contributed by atoms with Gasteiger partial charge < -0.3 is 10.6 Å². The zero-order valence-electron chi connectivity index (χ0n) is 17.9. The number of hydrogen-bond acceptors (Lipinski definition) is 4. The molecule has 0 saturated heterocycles. The Morgan fingerprint density at radius 1 is 1.03 bits per heavy atom. The van der Waals surface area contributed by atoms with Gasteiger partial charge in [0.1, 0.15) is 0 Å². The maximum atomic E-state index is 12.5. The van der Waals surface area contributed by atoms with Crippen molar-refractivity contribution in [1.29, 1.82) is 0 Å². The molecule has 0 aromatic heterocycles. The minimum Gasteiger partial charge on any atom is -0.316 e. The Morgan fingerprint density at radius 3 is 2.16 bits per heavy atom. The van der Waals surface area contributed by atoms with E-state index in [1.807, 2.05) is 0 Å². The normalized spacial score (nSPS) is 16.2. The van der Waals surface area contributed by atoms with E-state index < -0.39 is 39.8 Å². The summed E-state index contributed by atoms with van der Waals surface area (Å²) in [4.78, 5) is 12.5. The van der Waals surface area contributed by atoms with Gasteiger partial charge in [-0.2, -0.15) is 13.2 Å². The van der Waals surface area contributed by atoms with Gasteiger partial charge in [-0.1, -0.05) is 19.9 Å². The molecule has 6 nitrogen and oxygen atoms in total. The fourth-order valence-corrected chi connectivity index (χ4v) is 6.04. The molecule has 1 aromatic carbocycles. The summed E-state index contributed by atoms with van der Waals surface area (Å²) in [6.07, 6.45) is 0.441. The molecular formula is C21H30F3N3O3S. The second-order valence-corrected chi connectivity index (χ2v) is 11.0. The number of anilines is 1. The van der Waals surface area contributed by atoms with Gasteiger partial charge >= 0.3 is 12.2 Å². The lowest BCUT2D eigenvalue weighted by atomic mass is 9.96. The molecule has 0 heterocycles. The smallest absolute Gasteiger partial charge is 0.316 e. The molecule has 174 valence electrons. The molecule has 0 bridgehead atoms. The maximum absolute atomic E-state index is 12.5. The van der Waals surface area contributed by atoms with Crippen molar-refractivity contribution in [2.75, 3.05) is 24.2 Å². The molecular weight excluding hydrogens is 431 g/mol. The number of carbonyl (C=O) groups excluding carboxylic acids is 1. The summed E-state index contributed by atoms with van der Waals surface area (Å²) in [6, 6.07) is 1.42. The molecule has 0 saturated carbocycles. The summed E-state index contributed by atoms with van der Waals surface area (Å²) in [5, 5.41) is 5.43. The molecule has 10 heteroatoms. The Bertz CT molecular complexity index is 911. The van der Waals surface area contributed by atoms with Crippen LogP contribution in [0.3, 0.4) is 0 Å². The topological polar surface area (TPSA) is 87.3 Å². The summed E-state index contributed by atoms with van der Waals surface area (Å²) in [6.45, 7) is 3.04. The predicted molar refractivity (Wildman–Crippen MR) is 114 cm³/mol. The number of fused-ring (bicyclic) bond motifs is 2. The number of hydrogen-bond donors (Lipinski definition) is 3. The Balaban J connectivity index is 1.59. The van der Waals surface area contributed by atoms with Gasteiger partial charge in [-0.25, -0.2) is 17.9 Å². The minimum absolute atomic E-state index is 0.0747. The lowest BCUT2D eigenvalue weighted by Crippen LogP contribution is -2.43. The van der Waals surface area contributed by atoms with Gasteiger partial charge in [0, 0.05) is 18.8 Å². The summed E-state index contributed by atoms with van der Waals surface area (Å²) in [5.74, 6) is -0.391. The van der Waals surface area contributed by atoms with Crippen LogP contribution in [0.1, 0.15) is 55.4 Å². The summed E-state index contributed by atoms with van der Waals surface area (Å²) >= 11 is 0. The fraction of sp³-hybridized carbons (Fsp3) is 0.667. The average Bonchev–Trinajstić information content (AvgIpc) is 3.25. The van der Waals surface area contributed by atoms with Crippen molar-refractivity contribution in [3.8, 4) is 0 Å². The molecule has 0 spiro atoms. The first-order chi connectivity index (χ1) is 14.4. The van der Waals surface area contributed by atoms with Gasteiger partial charge in [-0.15, -0.1) is 0 Å². The van der Waals surface area contributed by atoms with Crippen LogP contribution in [0, 0.1) is 5.41 Å². The summed E-state index contributed by atoms with van der Waals surface area (Å²) < 4.78 is 63.9. The number of aryl methyl sites for hydroxylation is 2. The monoisotopic (exact) mass is 461 g/mol. The van der Waals surface area contributed by atoms with Gasteiger partial charge in [0.15, 0.2) is 0 Å². The molecule has 3 N–H and O–H groups in total. The number of rotatable bonds is 8. The van der Waals surface area contributed by atoms with E-state index in [1.165, 1.54) is 11.1 Å². The molecule has 2 aliphatic carbocycles. The van der Waals surface area contributed by atoms with Gasteiger partial charge in [0.05, 0.1) is 12.2 Å². The molecule has 0 atom stereocenters. The van der Waals surface area contributed by atoms with Crippen molar-refractivity contribution < 1.29 is 26.4 Å². The number of benzene rings is 1. The second kappa shape index (κ2) is 8.97. The van der Waals surface area contributed by atoms with Crippen molar-refractivity contribution in [2.45, 2.75) is 65.0 Å². The average molecular weight is 462 g/mol. The van der Waals surface area contributed by atoms with Crippen LogP contribution in [0.2, 0.25) is 0 Å². The zero-order valence-corrected chi connectivity index (χ0v) is 18.7. The lowest BCUT2D eigenvalue weighted by Gasteiger charge is -2.25. The van der Waals surface area contributed by atoms with E-state index in [0.29, 0.717) is 0 Å². The minimum atomic E-state index is -4.26. The first-order valence-corrected chi connectivity index (χ1v) is 12.3. The third kappa shape index (κ3) is 6.58. The van der Waals surface area contributed by atoms with Gasteiger partial charge in [-0.3, -0.25) is 0 Å². The summed E-state index contributed by atoms with van der Waals surface area (Å²) in [7, 11) is -3.98. The highest BCUT2D eigenvalue weighted by molar-refractivity contribution is 7.90. The largest absolute Gasteiger partial charge is 0.390 e. The summed E-state index contributed by atoms with van der Waals surface area (Å²) in [5.41, 5.74) is 4.55. The predicted octanol–water partition coefficient (Wildman–Crippen LogP) is 3.68. The molecule has 1 aromatic rings. The standard InChI is InChI=1S/C21H30F3N3O3S/c1-20(2,12-25-10-9-21(22,23)24)13-31(29,30)27-19(28)26-18-16-7-3-5-14(16)11-15-6-4-8-17(15)18/h11,25H,3-10,12-13H2,1-2H3,(H2,26,27,28).